The largest absolute Gasteiger partial charge is 0.341 e. The van der Waals surface area contributed by atoms with E-state index < -0.39 is 0 Å². The first-order valence-corrected chi connectivity index (χ1v) is 5.88. The van der Waals surface area contributed by atoms with Crippen LogP contribution in [0.25, 0.3) is 0 Å². The zero-order chi connectivity index (χ0) is 13.1. The minimum absolute atomic E-state index is 0. The molecular formula is C14H23ClN2O. The third kappa shape index (κ3) is 4.67. The molecule has 2 N–H and O–H groups in total. The molecule has 4 heteroatoms. The number of hydrogen-bond donors (Lipinski definition) is 1. The van der Waals surface area contributed by atoms with Crippen molar-refractivity contribution in [2.45, 2.75) is 20.8 Å². The lowest BCUT2D eigenvalue weighted by Gasteiger charge is -2.29. The molecule has 0 aliphatic carbocycles. The Balaban J connectivity index is 0.00000289. The molecule has 1 rings (SSSR count). The summed E-state index contributed by atoms with van der Waals surface area (Å²) in [6, 6.07) is 7.65. The molecule has 0 aliphatic heterocycles. The van der Waals surface area contributed by atoms with Crippen molar-refractivity contribution in [1.29, 1.82) is 0 Å². The summed E-state index contributed by atoms with van der Waals surface area (Å²) in [6.45, 7) is 7.34. The molecule has 0 bridgehead atoms. The quantitative estimate of drug-likeness (QED) is 0.914. The Morgan fingerprint density at radius 2 is 2.00 bits per heavy atom. The molecule has 0 radical (unpaired) electrons. The van der Waals surface area contributed by atoms with Crippen molar-refractivity contribution in [1.82, 2.24) is 4.90 Å². The number of carbonyl (C=O) groups excluding carboxylic acids is 1. The zero-order valence-electron chi connectivity index (χ0n) is 11.6. The lowest BCUT2D eigenvalue weighted by atomic mass is 9.93. The molecule has 0 saturated carbocycles. The van der Waals surface area contributed by atoms with Gasteiger partial charge in [0, 0.05) is 19.2 Å². The van der Waals surface area contributed by atoms with Crippen molar-refractivity contribution < 1.29 is 4.79 Å². The van der Waals surface area contributed by atoms with Gasteiger partial charge in [0.05, 0.1) is 0 Å². The standard InChI is InChI=1S/C14H22N2O.ClH/c1-11-6-5-7-12(8-11)13(17)16(4)10-14(2,3)9-15;/h5-8H,9-10,15H2,1-4H3;1H. The van der Waals surface area contributed by atoms with E-state index in [2.05, 4.69) is 13.8 Å². The number of hydrogen-bond acceptors (Lipinski definition) is 2. The molecule has 0 aliphatic rings. The van der Waals surface area contributed by atoms with Crippen molar-refractivity contribution in [3.8, 4) is 0 Å². The second-order valence-corrected chi connectivity index (χ2v) is 5.40. The van der Waals surface area contributed by atoms with Crippen LogP contribution in [0.4, 0.5) is 0 Å². The minimum Gasteiger partial charge on any atom is -0.341 e. The molecular weight excluding hydrogens is 248 g/mol. The van der Waals surface area contributed by atoms with Crippen LogP contribution < -0.4 is 5.73 Å². The van der Waals surface area contributed by atoms with Gasteiger partial charge >= 0.3 is 0 Å². The number of nitrogens with zero attached hydrogens (tertiary/aromatic N) is 1. The topological polar surface area (TPSA) is 46.3 Å². The molecule has 1 amide bonds. The highest BCUT2D eigenvalue weighted by atomic mass is 35.5. The van der Waals surface area contributed by atoms with Gasteiger partial charge in [0.1, 0.15) is 0 Å². The smallest absolute Gasteiger partial charge is 0.253 e. The third-order valence-corrected chi connectivity index (χ3v) is 2.83. The summed E-state index contributed by atoms with van der Waals surface area (Å²) in [4.78, 5) is 13.9. The Morgan fingerprint density at radius 1 is 1.39 bits per heavy atom. The fourth-order valence-electron chi connectivity index (χ4n) is 1.78. The van der Waals surface area contributed by atoms with Crippen molar-refractivity contribution in [2.24, 2.45) is 11.1 Å². The van der Waals surface area contributed by atoms with E-state index >= 15 is 0 Å². The van der Waals surface area contributed by atoms with Gasteiger partial charge < -0.3 is 10.6 Å². The van der Waals surface area contributed by atoms with Crippen LogP contribution in [0.15, 0.2) is 24.3 Å². The van der Waals surface area contributed by atoms with Crippen LogP contribution in [-0.4, -0.2) is 30.9 Å². The van der Waals surface area contributed by atoms with Crippen LogP contribution in [0.5, 0.6) is 0 Å². The van der Waals surface area contributed by atoms with Gasteiger partial charge in [0.25, 0.3) is 5.91 Å². The van der Waals surface area contributed by atoms with E-state index in [1.54, 1.807) is 4.90 Å². The van der Waals surface area contributed by atoms with E-state index in [0.29, 0.717) is 13.1 Å². The van der Waals surface area contributed by atoms with E-state index in [1.807, 2.05) is 38.2 Å². The Hall–Kier alpha value is -1.06. The van der Waals surface area contributed by atoms with Gasteiger partial charge in [0.2, 0.25) is 0 Å². The van der Waals surface area contributed by atoms with Crippen LogP contribution >= 0.6 is 12.4 Å². The van der Waals surface area contributed by atoms with Crippen LogP contribution in [-0.2, 0) is 0 Å². The maximum absolute atomic E-state index is 12.2. The average Bonchev–Trinajstić information content (AvgIpc) is 2.27. The predicted octanol–water partition coefficient (Wildman–Crippen LogP) is 2.47. The summed E-state index contributed by atoms with van der Waals surface area (Å²) in [5, 5.41) is 0. The van der Waals surface area contributed by atoms with Crippen LogP contribution in [0.2, 0.25) is 0 Å². The van der Waals surface area contributed by atoms with E-state index in [9.17, 15) is 4.79 Å². The molecule has 0 saturated heterocycles. The Bertz CT molecular complexity index is 405. The van der Waals surface area contributed by atoms with E-state index in [1.165, 1.54) is 0 Å². The van der Waals surface area contributed by atoms with Crippen LogP contribution in [0.3, 0.4) is 0 Å². The first-order valence-electron chi connectivity index (χ1n) is 5.88. The van der Waals surface area contributed by atoms with Gasteiger partial charge in [-0.05, 0) is 31.0 Å². The minimum atomic E-state index is -0.0474. The summed E-state index contributed by atoms with van der Waals surface area (Å²) in [6.07, 6.45) is 0. The zero-order valence-corrected chi connectivity index (χ0v) is 12.4. The first-order chi connectivity index (χ1) is 7.85. The molecule has 18 heavy (non-hydrogen) atoms. The SMILES string of the molecule is Cc1cccc(C(=O)N(C)CC(C)(C)CN)c1.Cl. The predicted molar refractivity (Wildman–Crippen MR) is 78.2 cm³/mol. The molecule has 102 valence electrons. The first kappa shape index (κ1) is 16.9. The van der Waals surface area contributed by atoms with Gasteiger partial charge in [-0.25, -0.2) is 0 Å². The normalized spacial score (nSPS) is 10.7. The molecule has 0 atom stereocenters. The second-order valence-electron chi connectivity index (χ2n) is 5.40. The van der Waals surface area contributed by atoms with Crippen molar-refractivity contribution in [2.75, 3.05) is 20.1 Å². The lowest BCUT2D eigenvalue weighted by Crippen LogP contribution is -2.39. The molecule has 0 aromatic heterocycles. The highest BCUT2D eigenvalue weighted by Gasteiger charge is 2.21. The molecule has 3 nitrogen and oxygen atoms in total. The maximum atomic E-state index is 12.2. The van der Waals surface area contributed by atoms with Gasteiger partial charge in [-0.15, -0.1) is 12.4 Å². The second kappa shape index (κ2) is 6.76. The van der Waals surface area contributed by atoms with E-state index in [-0.39, 0.29) is 23.7 Å². The van der Waals surface area contributed by atoms with E-state index in [0.717, 1.165) is 11.1 Å². The number of nitrogens with two attached hydrogens (primary N) is 1. The van der Waals surface area contributed by atoms with Crippen LogP contribution in [0, 0.1) is 12.3 Å². The van der Waals surface area contributed by atoms with Gasteiger partial charge in [-0.1, -0.05) is 31.5 Å². The number of halogens is 1. The number of aryl methyl sites for hydroxylation is 1. The molecule has 1 aromatic carbocycles. The summed E-state index contributed by atoms with van der Waals surface area (Å²) >= 11 is 0. The lowest BCUT2D eigenvalue weighted by molar-refractivity contribution is 0.0740. The van der Waals surface area contributed by atoms with Gasteiger partial charge in [-0.3, -0.25) is 4.79 Å². The number of rotatable bonds is 4. The van der Waals surface area contributed by atoms with Crippen molar-refractivity contribution >= 4 is 18.3 Å². The molecule has 0 fully saturated rings. The Kier molecular flexibility index (Phi) is 6.36. The Labute approximate surface area is 116 Å². The number of carbonyl (C=O) groups is 1. The third-order valence-electron chi connectivity index (χ3n) is 2.83. The number of benzene rings is 1. The highest BCUT2D eigenvalue weighted by Crippen LogP contribution is 2.16. The molecule has 0 unspecified atom stereocenters. The average molecular weight is 271 g/mol. The molecule has 0 heterocycles. The van der Waals surface area contributed by atoms with Gasteiger partial charge in [0.15, 0.2) is 0 Å². The fourth-order valence-corrected chi connectivity index (χ4v) is 1.78. The monoisotopic (exact) mass is 270 g/mol. The van der Waals surface area contributed by atoms with Gasteiger partial charge in [-0.2, -0.15) is 0 Å². The van der Waals surface area contributed by atoms with Crippen LogP contribution in [0.1, 0.15) is 29.8 Å². The Morgan fingerprint density at radius 3 is 2.50 bits per heavy atom. The summed E-state index contributed by atoms with van der Waals surface area (Å²) < 4.78 is 0. The maximum Gasteiger partial charge on any atom is 0.253 e. The fraction of sp³-hybridized carbons (Fsp3) is 0.500. The highest BCUT2D eigenvalue weighted by molar-refractivity contribution is 5.94. The molecule has 0 spiro atoms. The summed E-state index contributed by atoms with van der Waals surface area (Å²) in [7, 11) is 1.82. The van der Waals surface area contributed by atoms with Crippen molar-refractivity contribution in [3.63, 3.8) is 0 Å². The summed E-state index contributed by atoms with van der Waals surface area (Å²) in [5.41, 5.74) is 7.47. The summed E-state index contributed by atoms with van der Waals surface area (Å²) in [5.74, 6) is 0.0511. The molecule has 1 aromatic rings. The van der Waals surface area contributed by atoms with E-state index in [4.69, 9.17) is 5.73 Å². The number of amides is 1. The van der Waals surface area contributed by atoms with Crippen molar-refractivity contribution in [3.05, 3.63) is 35.4 Å².